The van der Waals surface area contributed by atoms with E-state index < -0.39 is 5.60 Å². The van der Waals surface area contributed by atoms with Crippen molar-refractivity contribution in [3.8, 4) is 16.9 Å². The Hall–Kier alpha value is -4.57. The van der Waals surface area contributed by atoms with Crippen molar-refractivity contribution in [2.75, 3.05) is 43.1 Å². The third kappa shape index (κ3) is 4.74. The second kappa shape index (κ2) is 9.95. The SMILES string of the molecule is COc1cccc(-c2cc3c(N4CCN(c5ncc(C(C)(O)c6ccc(F)cc6)cn5)CC4)ncnn3c2)c1. The number of hydrogen-bond donors (Lipinski definition) is 1. The van der Waals surface area contributed by atoms with E-state index in [0.717, 1.165) is 41.3 Å². The lowest BCUT2D eigenvalue weighted by atomic mass is 9.90. The number of hydrogen-bond acceptors (Lipinski definition) is 8. The van der Waals surface area contributed by atoms with Crippen molar-refractivity contribution in [2.24, 2.45) is 0 Å². The van der Waals surface area contributed by atoms with Crippen molar-refractivity contribution < 1.29 is 14.2 Å². The molecule has 39 heavy (non-hydrogen) atoms. The van der Waals surface area contributed by atoms with Crippen LogP contribution in [0.15, 0.2) is 79.5 Å². The van der Waals surface area contributed by atoms with Crippen LogP contribution in [0.2, 0.25) is 0 Å². The normalized spacial score (nSPS) is 15.4. The third-order valence-corrected chi connectivity index (χ3v) is 7.26. The summed E-state index contributed by atoms with van der Waals surface area (Å²) in [7, 11) is 1.66. The van der Waals surface area contributed by atoms with Crippen molar-refractivity contribution in [1.29, 1.82) is 0 Å². The molecule has 1 N–H and O–H groups in total. The predicted molar refractivity (Wildman–Crippen MR) is 147 cm³/mol. The van der Waals surface area contributed by atoms with Gasteiger partial charge in [0, 0.05) is 55.9 Å². The van der Waals surface area contributed by atoms with Crippen LogP contribution >= 0.6 is 0 Å². The summed E-state index contributed by atoms with van der Waals surface area (Å²) in [6.45, 7) is 4.57. The molecule has 10 heteroatoms. The molecule has 2 aromatic carbocycles. The number of piperazine rings is 1. The summed E-state index contributed by atoms with van der Waals surface area (Å²) in [5.41, 5.74) is 2.82. The average Bonchev–Trinajstić information content (AvgIpc) is 3.42. The first kappa shape index (κ1) is 24.7. The molecule has 1 unspecified atom stereocenters. The lowest BCUT2D eigenvalue weighted by Gasteiger charge is -2.35. The Bertz CT molecular complexity index is 1590. The van der Waals surface area contributed by atoms with Crippen molar-refractivity contribution in [1.82, 2.24) is 24.6 Å². The van der Waals surface area contributed by atoms with Gasteiger partial charge < -0.3 is 19.6 Å². The summed E-state index contributed by atoms with van der Waals surface area (Å²) < 4.78 is 20.6. The molecule has 198 valence electrons. The zero-order valence-corrected chi connectivity index (χ0v) is 21.7. The van der Waals surface area contributed by atoms with Crippen molar-refractivity contribution in [2.45, 2.75) is 12.5 Å². The quantitative estimate of drug-likeness (QED) is 0.357. The summed E-state index contributed by atoms with van der Waals surface area (Å²) in [6.07, 6.45) is 6.85. The Kier molecular flexibility index (Phi) is 6.32. The highest BCUT2D eigenvalue weighted by Gasteiger charge is 2.28. The molecule has 0 spiro atoms. The second-order valence-corrected chi connectivity index (χ2v) is 9.70. The first-order valence-corrected chi connectivity index (χ1v) is 12.7. The smallest absolute Gasteiger partial charge is 0.225 e. The lowest BCUT2D eigenvalue weighted by Crippen LogP contribution is -2.47. The van der Waals surface area contributed by atoms with Gasteiger partial charge in [0.25, 0.3) is 0 Å². The fourth-order valence-corrected chi connectivity index (χ4v) is 4.92. The Balaban J connectivity index is 1.17. The van der Waals surface area contributed by atoms with E-state index in [4.69, 9.17) is 4.74 Å². The van der Waals surface area contributed by atoms with Gasteiger partial charge in [-0.25, -0.2) is 23.9 Å². The maximum atomic E-state index is 13.3. The number of rotatable bonds is 6. The molecule has 3 aromatic heterocycles. The highest BCUT2D eigenvalue weighted by atomic mass is 19.1. The first-order chi connectivity index (χ1) is 18.9. The van der Waals surface area contributed by atoms with Crippen LogP contribution in [0, 0.1) is 5.82 Å². The number of aliphatic hydroxyl groups is 1. The molecule has 1 aliphatic heterocycles. The molecule has 1 atom stereocenters. The van der Waals surface area contributed by atoms with Gasteiger partial charge in [-0.3, -0.25) is 0 Å². The zero-order valence-electron chi connectivity index (χ0n) is 21.7. The first-order valence-electron chi connectivity index (χ1n) is 12.7. The molecule has 1 saturated heterocycles. The summed E-state index contributed by atoms with van der Waals surface area (Å²) in [5, 5.41) is 15.5. The summed E-state index contributed by atoms with van der Waals surface area (Å²) in [5.74, 6) is 1.94. The van der Waals surface area contributed by atoms with Crippen molar-refractivity contribution in [3.05, 3.63) is 96.5 Å². The molecule has 0 bridgehead atoms. The molecule has 6 rings (SSSR count). The van der Waals surface area contributed by atoms with E-state index in [1.165, 1.54) is 12.1 Å². The number of nitrogens with zero attached hydrogens (tertiary/aromatic N) is 7. The topological polar surface area (TPSA) is 91.9 Å². The van der Waals surface area contributed by atoms with E-state index in [2.05, 4.69) is 35.9 Å². The third-order valence-electron chi connectivity index (χ3n) is 7.26. The van der Waals surface area contributed by atoms with Crippen molar-refractivity contribution >= 4 is 17.3 Å². The number of ether oxygens (including phenoxy) is 1. The molecule has 5 aromatic rings. The van der Waals surface area contributed by atoms with E-state index in [-0.39, 0.29) is 5.82 Å². The average molecular weight is 526 g/mol. The van der Waals surface area contributed by atoms with Gasteiger partial charge in [0.15, 0.2) is 5.82 Å². The molecular formula is C29H28FN7O2. The molecule has 1 fully saturated rings. The van der Waals surface area contributed by atoms with Gasteiger partial charge in [-0.1, -0.05) is 24.3 Å². The fraction of sp³-hybridized carbons (Fsp3) is 0.241. The molecule has 0 radical (unpaired) electrons. The number of benzene rings is 2. The van der Waals surface area contributed by atoms with E-state index in [9.17, 15) is 9.50 Å². The maximum Gasteiger partial charge on any atom is 0.225 e. The highest BCUT2D eigenvalue weighted by Crippen LogP contribution is 2.31. The predicted octanol–water partition coefficient (Wildman–Crippen LogP) is 3.92. The molecule has 0 amide bonds. The number of fused-ring (bicyclic) bond motifs is 1. The second-order valence-electron chi connectivity index (χ2n) is 9.70. The lowest BCUT2D eigenvalue weighted by molar-refractivity contribution is 0.101. The number of halogens is 1. The van der Waals surface area contributed by atoms with Crippen LogP contribution in [0.4, 0.5) is 16.2 Å². The van der Waals surface area contributed by atoms with Gasteiger partial charge >= 0.3 is 0 Å². The van der Waals surface area contributed by atoms with Gasteiger partial charge in [-0.15, -0.1) is 0 Å². The monoisotopic (exact) mass is 525 g/mol. The van der Waals surface area contributed by atoms with Crippen LogP contribution in [0.3, 0.4) is 0 Å². The van der Waals surface area contributed by atoms with Gasteiger partial charge in [0.05, 0.1) is 7.11 Å². The Labute approximate surface area is 225 Å². The van der Waals surface area contributed by atoms with Gasteiger partial charge in [0.2, 0.25) is 5.95 Å². The number of methoxy groups -OCH3 is 1. The highest BCUT2D eigenvalue weighted by molar-refractivity contribution is 5.78. The molecule has 4 heterocycles. The van der Waals surface area contributed by atoms with Crippen LogP contribution in [-0.2, 0) is 5.60 Å². The Morgan fingerprint density at radius 2 is 1.59 bits per heavy atom. The van der Waals surface area contributed by atoms with Crippen LogP contribution in [0.1, 0.15) is 18.1 Å². The van der Waals surface area contributed by atoms with E-state index in [1.807, 2.05) is 35.0 Å². The van der Waals surface area contributed by atoms with E-state index in [1.54, 1.807) is 44.9 Å². The molecule has 9 nitrogen and oxygen atoms in total. The van der Waals surface area contributed by atoms with E-state index in [0.29, 0.717) is 30.2 Å². The summed E-state index contributed by atoms with van der Waals surface area (Å²) >= 11 is 0. The van der Waals surface area contributed by atoms with Crippen molar-refractivity contribution in [3.63, 3.8) is 0 Å². The molecular weight excluding hydrogens is 497 g/mol. The van der Waals surface area contributed by atoms with Crippen LogP contribution in [0.25, 0.3) is 16.6 Å². The summed E-state index contributed by atoms with van der Waals surface area (Å²) in [6, 6.07) is 15.9. The molecule has 1 aliphatic rings. The minimum absolute atomic E-state index is 0.350. The van der Waals surface area contributed by atoms with Crippen LogP contribution in [0.5, 0.6) is 5.75 Å². The van der Waals surface area contributed by atoms with E-state index >= 15 is 0 Å². The minimum atomic E-state index is -1.33. The molecule has 0 saturated carbocycles. The van der Waals surface area contributed by atoms with Gasteiger partial charge in [-0.2, -0.15) is 5.10 Å². The fourth-order valence-electron chi connectivity index (χ4n) is 4.92. The zero-order chi connectivity index (χ0) is 27.0. The summed E-state index contributed by atoms with van der Waals surface area (Å²) in [4.78, 5) is 18.0. The van der Waals surface area contributed by atoms with Crippen LogP contribution in [-0.4, -0.2) is 63.0 Å². The Morgan fingerprint density at radius 3 is 2.31 bits per heavy atom. The Morgan fingerprint density at radius 1 is 0.872 bits per heavy atom. The molecule has 0 aliphatic carbocycles. The largest absolute Gasteiger partial charge is 0.497 e. The number of anilines is 2. The van der Waals surface area contributed by atoms with Gasteiger partial charge in [-0.05, 0) is 48.4 Å². The standard InChI is InChI=1S/C29H28FN7O2/c1-29(38,22-6-8-24(30)9-7-22)23-16-31-28(32-17-23)36-12-10-35(11-13-36)27-26-15-21(18-37(26)34-19-33-27)20-4-3-5-25(14-20)39-2/h3-9,14-19,38H,10-13H2,1-2H3. The maximum absolute atomic E-state index is 13.3. The van der Waals surface area contributed by atoms with Gasteiger partial charge in [0.1, 0.15) is 29.0 Å². The van der Waals surface area contributed by atoms with Crippen LogP contribution < -0.4 is 14.5 Å². The number of aromatic nitrogens is 5. The minimum Gasteiger partial charge on any atom is -0.497 e.